The summed E-state index contributed by atoms with van der Waals surface area (Å²) in [7, 11) is -3.75. The number of hydrogen-bond donors (Lipinski definition) is 2. The molecule has 0 radical (unpaired) electrons. The molecule has 0 heterocycles. The number of benzene rings is 1. The summed E-state index contributed by atoms with van der Waals surface area (Å²) in [5.74, 6) is -1.15. The van der Waals surface area contributed by atoms with Crippen molar-refractivity contribution in [2.45, 2.75) is 29.4 Å². The van der Waals surface area contributed by atoms with Crippen LogP contribution >= 0.6 is 27.7 Å². The summed E-state index contributed by atoms with van der Waals surface area (Å²) >= 11 is 4.89. The molecule has 0 spiro atoms. The van der Waals surface area contributed by atoms with E-state index in [4.69, 9.17) is 5.11 Å². The lowest BCUT2D eigenvalue weighted by Gasteiger charge is -2.15. The second-order valence-electron chi connectivity index (χ2n) is 5.12. The second-order valence-corrected chi connectivity index (χ2v) is 8.92. The van der Waals surface area contributed by atoms with Crippen LogP contribution < -0.4 is 4.72 Å². The van der Waals surface area contributed by atoms with Crippen LogP contribution in [0.25, 0.3) is 0 Å². The highest BCUT2D eigenvalue weighted by Gasteiger charge is 2.42. The normalized spacial score (nSPS) is 16.7. The van der Waals surface area contributed by atoms with Crippen LogP contribution in [0.2, 0.25) is 0 Å². The maximum atomic E-state index is 12.4. The Balaban J connectivity index is 2.33. The van der Waals surface area contributed by atoms with Gasteiger partial charge in [-0.1, -0.05) is 0 Å². The van der Waals surface area contributed by atoms with Gasteiger partial charge in [-0.3, -0.25) is 0 Å². The van der Waals surface area contributed by atoms with Gasteiger partial charge in [0.25, 0.3) is 0 Å². The zero-order valence-electron chi connectivity index (χ0n) is 11.6. The first-order chi connectivity index (χ1) is 9.71. The first-order valence-electron chi connectivity index (χ1n) is 6.29. The van der Waals surface area contributed by atoms with Gasteiger partial charge in [-0.25, -0.2) is 17.9 Å². The summed E-state index contributed by atoms with van der Waals surface area (Å²) in [4.78, 5) is 11.1. The van der Waals surface area contributed by atoms with E-state index in [9.17, 15) is 13.2 Å². The number of carboxylic acids is 1. The number of carboxylic acid groups (broad SMARTS) is 1. The van der Waals surface area contributed by atoms with Gasteiger partial charge in [0, 0.05) is 15.8 Å². The SMILES string of the molecule is CSC1(CNS(=O)(=O)c2cc(C(=O)O)cc(C)c2Br)CC1. The van der Waals surface area contributed by atoms with Crippen LogP contribution in [0.5, 0.6) is 0 Å². The molecule has 0 aliphatic heterocycles. The molecule has 8 heteroatoms. The van der Waals surface area contributed by atoms with E-state index in [0.29, 0.717) is 16.6 Å². The summed E-state index contributed by atoms with van der Waals surface area (Å²) in [6.07, 6.45) is 3.95. The van der Waals surface area contributed by atoms with E-state index in [2.05, 4.69) is 20.7 Å². The Bertz CT molecular complexity index is 684. The van der Waals surface area contributed by atoms with Gasteiger partial charge in [0.05, 0.1) is 10.5 Å². The lowest BCUT2D eigenvalue weighted by molar-refractivity contribution is 0.0696. The molecule has 1 saturated carbocycles. The van der Waals surface area contributed by atoms with Crippen molar-refractivity contribution in [1.82, 2.24) is 4.72 Å². The van der Waals surface area contributed by atoms with E-state index < -0.39 is 16.0 Å². The molecule has 1 fully saturated rings. The Morgan fingerprint density at radius 1 is 1.48 bits per heavy atom. The molecule has 1 aliphatic rings. The number of thioether (sulfide) groups is 1. The Morgan fingerprint density at radius 3 is 2.57 bits per heavy atom. The maximum absolute atomic E-state index is 12.4. The predicted octanol–water partition coefficient (Wildman–Crippen LogP) is 2.63. The Kier molecular flexibility index (Phi) is 4.72. The van der Waals surface area contributed by atoms with E-state index in [1.807, 2.05) is 6.26 Å². The standard InChI is InChI=1S/C13H16BrNO4S2/c1-8-5-9(12(16)17)6-10(11(8)14)21(18,19)15-7-13(20-2)3-4-13/h5-6,15H,3-4,7H2,1-2H3,(H,16,17). The van der Waals surface area contributed by atoms with Crippen molar-refractivity contribution >= 4 is 43.7 Å². The highest BCUT2D eigenvalue weighted by molar-refractivity contribution is 9.10. The van der Waals surface area contributed by atoms with Crippen LogP contribution in [0.1, 0.15) is 28.8 Å². The molecule has 0 bridgehead atoms. The molecule has 1 aromatic carbocycles. The molecule has 0 unspecified atom stereocenters. The minimum Gasteiger partial charge on any atom is -0.478 e. The quantitative estimate of drug-likeness (QED) is 0.775. The fraction of sp³-hybridized carbons (Fsp3) is 0.462. The number of carbonyl (C=O) groups is 1. The minimum absolute atomic E-state index is 0.000993. The van der Waals surface area contributed by atoms with Crippen LogP contribution in [-0.4, -0.2) is 37.0 Å². The molecular weight excluding hydrogens is 378 g/mol. The number of nitrogens with one attached hydrogen (secondary N) is 1. The van der Waals surface area contributed by atoms with Gasteiger partial charge in [-0.05, 0) is 59.6 Å². The van der Waals surface area contributed by atoms with Crippen molar-refractivity contribution in [1.29, 1.82) is 0 Å². The largest absolute Gasteiger partial charge is 0.478 e. The lowest BCUT2D eigenvalue weighted by Crippen LogP contribution is -2.32. The predicted molar refractivity (Wildman–Crippen MR) is 86.5 cm³/mol. The lowest BCUT2D eigenvalue weighted by atomic mass is 10.1. The highest BCUT2D eigenvalue weighted by Crippen LogP contribution is 2.46. The van der Waals surface area contributed by atoms with Crippen LogP contribution in [0, 0.1) is 6.92 Å². The molecule has 1 aliphatic carbocycles. The number of sulfonamides is 1. The summed E-state index contributed by atoms with van der Waals surface area (Å²) in [6.45, 7) is 2.03. The molecule has 0 amide bonds. The van der Waals surface area contributed by atoms with Crippen molar-refractivity contribution < 1.29 is 18.3 Å². The molecule has 0 aromatic heterocycles. The van der Waals surface area contributed by atoms with Crippen molar-refractivity contribution in [3.05, 3.63) is 27.7 Å². The first kappa shape index (κ1) is 16.8. The fourth-order valence-corrected chi connectivity index (χ4v) is 4.94. The van der Waals surface area contributed by atoms with Gasteiger partial charge < -0.3 is 5.11 Å². The first-order valence-corrected chi connectivity index (χ1v) is 9.79. The van der Waals surface area contributed by atoms with Crippen molar-refractivity contribution in [2.75, 3.05) is 12.8 Å². The van der Waals surface area contributed by atoms with E-state index >= 15 is 0 Å². The summed E-state index contributed by atoms with van der Waals surface area (Å²) < 4.78 is 27.8. The summed E-state index contributed by atoms with van der Waals surface area (Å²) in [5.41, 5.74) is 0.531. The molecule has 2 rings (SSSR count). The average molecular weight is 394 g/mol. The van der Waals surface area contributed by atoms with Gasteiger partial charge in [0.2, 0.25) is 10.0 Å². The topological polar surface area (TPSA) is 83.5 Å². The highest BCUT2D eigenvalue weighted by atomic mass is 79.9. The number of halogens is 1. The molecule has 116 valence electrons. The van der Waals surface area contributed by atoms with Crippen molar-refractivity contribution in [2.24, 2.45) is 0 Å². The number of rotatable bonds is 6. The Labute approximate surface area is 136 Å². The van der Waals surface area contributed by atoms with Crippen LogP contribution in [0.3, 0.4) is 0 Å². The van der Waals surface area contributed by atoms with Gasteiger partial charge in [-0.2, -0.15) is 11.8 Å². The fourth-order valence-electron chi connectivity index (χ4n) is 1.95. The van der Waals surface area contributed by atoms with E-state index in [1.54, 1.807) is 18.7 Å². The summed E-state index contributed by atoms with van der Waals surface area (Å²) in [5, 5.41) is 9.06. The smallest absolute Gasteiger partial charge is 0.335 e. The molecule has 0 saturated heterocycles. The van der Waals surface area contributed by atoms with Crippen LogP contribution in [0.4, 0.5) is 0 Å². The number of aromatic carboxylic acids is 1. The molecule has 0 atom stereocenters. The third-order valence-corrected chi connectivity index (χ3v) is 7.74. The average Bonchev–Trinajstić information content (AvgIpc) is 3.20. The van der Waals surface area contributed by atoms with Gasteiger partial charge in [0.15, 0.2) is 0 Å². The third kappa shape index (κ3) is 3.61. The molecule has 1 aromatic rings. The molecule has 2 N–H and O–H groups in total. The van der Waals surface area contributed by atoms with Crippen molar-refractivity contribution in [3.8, 4) is 0 Å². The van der Waals surface area contributed by atoms with E-state index in [-0.39, 0.29) is 15.2 Å². The van der Waals surface area contributed by atoms with Gasteiger partial charge >= 0.3 is 5.97 Å². The van der Waals surface area contributed by atoms with Crippen LogP contribution in [-0.2, 0) is 10.0 Å². The van der Waals surface area contributed by atoms with Crippen molar-refractivity contribution in [3.63, 3.8) is 0 Å². The molecule has 21 heavy (non-hydrogen) atoms. The zero-order valence-corrected chi connectivity index (χ0v) is 14.9. The molecular formula is C13H16BrNO4S2. The van der Waals surface area contributed by atoms with Gasteiger partial charge in [-0.15, -0.1) is 0 Å². The third-order valence-electron chi connectivity index (χ3n) is 3.58. The van der Waals surface area contributed by atoms with E-state index in [0.717, 1.165) is 12.8 Å². The summed E-state index contributed by atoms with van der Waals surface area (Å²) in [6, 6.07) is 2.62. The van der Waals surface area contributed by atoms with Gasteiger partial charge in [0.1, 0.15) is 0 Å². The van der Waals surface area contributed by atoms with E-state index in [1.165, 1.54) is 12.1 Å². The minimum atomic E-state index is -3.75. The Morgan fingerprint density at radius 2 is 2.10 bits per heavy atom. The van der Waals surface area contributed by atoms with Crippen LogP contribution in [0.15, 0.2) is 21.5 Å². The monoisotopic (exact) mass is 393 g/mol. The number of hydrogen-bond acceptors (Lipinski definition) is 4. The zero-order chi connectivity index (χ0) is 15.8. The molecule has 5 nitrogen and oxygen atoms in total. The number of aryl methyl sites for hydroxylation is 1. The second kappa shape index (κ2) is 5.91. The Hall–Kier alpha value is -0.570. The maximum Gasteiger partial charge on any atom is 0.335 e.